The number of esters is 1. The van der Waals surface area contributed by atoms with Crippen LogP contribution in [0, 0.1) is 5.82 Å². The second-order valence-corrected chi connectivity index (χ2v) is 7.69. The van der Waals surface area contributed by atoms with Gasteiger partial charge in [-0.1, -0.05) is 17.3 Å². The molecule has 1 aromatic heterocycles. The van der Waals surface area contributed by atoms with Crippen molar-refractivity contribution in [1.29, 1.82) is 0 Å². The van der Waals surface area contributed by atoms with Crippen LogP contribution in [0.25, 0.3) is 0 Å². The summed E-state index contributed by atoms with van der Waals surface area (Å²) >= 11 is 0. The third kappa shape index (κ3) is 4.47. The Morgan fingerprint density at radius 3 is 2.61 bits per heavy atom. The lowest BCUT2D eigenvalue weighted by atomic mass is 10.1. The van der Waals surface area contributed by atoms with Crippen LogP contribution in [0.15, 0.2) is 33.6 Å². The Morgan fingerprint density at radius 1 is 1.29 bits per heavy atom. The topological polar surface area (TPSA) is 94.6 Å². The number of carbonyl (C=O) groups excluding carboxylic acids is 2. The van der Waals surface area contributed by atoms with E-state index in [1.165, 1.54) is 21.6 Å². The first kappa shape index (κ1) is 19.8. The molecule has 3 rings (SSSR count). The largest absolute Gasteiger partial charge is 0.459 e. The van der Waals surface area contributed by atoms with Crippen LogP contribution < -0.4 is 5.76 Å². The molecule has 1 saturated heterocycles. The van der Waals surface area contributed by atoms with Crippen molar-refractivity contribution in [1.82, 2.24) is 14.6 Å². The average Bonchev–Trinajstić information content (AvgIpc) is 3.11. The van der Waals surface area contributed by atoms with E-state index in [1.807, 2.05) is 0 Å². The molecule has 1 atom stereocenters. The van der Waals surface area contributed by atoms with Crippen molar-refractivity contribution in [3.05, 3.63) is 52.0 Å². The molecule has 0 N–H and O–H groups in total. The molecule has 1 fully saturated rings. The molecule has 8 nitrogen and oxygen atoms in total. The highest BCUT2D eigenvalue weighted by Gasteiger charge is 2.37. The summed E-state index contributed by atoms with van der Waals surface area (Å²) in [6, 6.07) is 4.97. The van der Waals surface area contributed by atoms with Gasteiger partial charge in [-0.05, 0) is 44.9 Å². The van der Waals surface area contributed by atoms with Gasteiger partial charge < -0.3 is 9.64 Å². The number of carbonyl (C=O) groups is 2. The van der Waals surface area contributed by atoms with Crippen LogP contribution in [0.2, 0.25) is 0 Å². The Bertz CT molecular complexity index is 926. The van der Waals surface area contributed by atoms with Crippen molar-refractivity contribution in [3.8, 4) is 0 Å². The zero-order chi connectivity index (χ0) is 20.5. The molecule has 0 radical (unpaired) electrons. The van der Waals surface area contributed by atoms with E-state index in [0.717, 1.165) is 5.56 Å². The van der Waals surface area contributed by atoms with Gasteiger partial charge >= 0.3 is 11.7 Å². The molecular weight excluding hydrogens is 369 g/mol. The highest BCUT2D eigenvalue weighted by Crippen LogP contribution is 2.24. The molecular formula is C19H22FN3O5. The summed E-state index contributed by atoms with van der Waals surface area (Å²) in [7, 11) is 0. The lowest BCUT2D eigenvalue weighted by molar-refractivity contribution is -0.158. The summed E-state index contributed by atoms with van der Waals surface area (Å²) in [5.74, 6) is -1.71. The minimum Gasteiger partial charge on any atom is -0.459 e. The van der Waals surface area contributed by atoms with Crippen molar-refractivity contribution in [2.45, 2.75) is 45.3 Å². The van der Waals surface area contributed by atoms with Crippen LogP contribution in [0.5, 0.6) is 0 Å². The highest BCUT2D eigenvalue weighted by molar-refractivity contribution is 5.86. The van der Waals surface area contributed by atoms with E-state index in [0.29, 0.717) is 13.0 Å². The van der Waals surface area contributed by atoms with E-state index in [-0.39, 0.29) is 30.5 Å². The fraction of sp³-hybridized carbons (Fsp3) is 0.474. The molecule has 9 heteroatoms. The van der Waals surface area contributed by atoms with Gasteiger partial charge in [0.25, 0.3) is 0 Å². The molecule has 1 aliphatic rings. The summed E-state index contributed by atoms with van der Waals surface area (Å²) in [5.41, 5.74) is 0.0759. The fourth-order valence-electron chi connectivity index (χ4n) is 3.14. The van der Waals surface area contributed by atoms with Crippen LogP contribution >= 0.6 is 0 Å². The Labute approximate surface area is 160 Å². The van der Waals surface area contributed by atoms with Gasteiger partial charge in [-0.2, -0.15) is 0 Å². The van der Waals surface area contributed by atoms with E-state index in [9.17, 15) is 18.8 Å². The number of amides is 1. The molecule has 1 aliphatic heterocycles. The van der Waals surface area contributed by atoms with Crippen LogP contribution in [0.4, 0.5) is 4.39 Å². The summed E-state index contributed by atoms with van der Waals surface area (Å²) in [5, 5.41) is 3.77. The van der Waals surface area contributed by atoms with Gasteiger partial charge in [-0.15, -0.1) is 0 Å². The maximum absolute atomic E-state index is 13.1. The molecule has 28 heavy (non-hydrogen) atoms. The third-order valence-electron chi connectivity index (χ3n) is 4.30. The number of ether oxygens (including phenoxy) is 1. The molecule has 0 saturated carbocycles. The van der Waals surface area contributed by atoms with Gasteiger partial charge in [0.1, 0.15) is 24.0 Å². The summed E-state index contributed by atoms with van der Waals surface area (Å²) < 4.78 is 24.3. The molecule has 0 bridgehead atoms. The Balaban J connectivity index is 1.75. The normalized spacial score (nSPS) is 17.2. The average molecular weight is 391 g/mol. The van der Waals surface area contributed by atoms with Crippen molar-refractivity contribution >= 4 is 11.9 Å². The van der Waals surface area contributed by atoms with Crippen molar-refractivity contribution in [2.75, 3.05) is 13.1 Å². The van der Waals surface area contributed by atoms with E-state index < -0.39 is 23.4 Å². The number of aromatic nitrogens is 2. The Kier molecular flexibility index (Phi) is 5.35. The molecule has 150 valence electrons. The molecule has 1 amide bonds. The van der Waals surface area contributed by atoms with Gasteiger partial charge in [0.05, 0.1) is 0 Å². The molecule has 0 aliphatic carbocycles. The van der Waals surface area contributed by atoms with E-state index in [4.69, 9.17) is 9.26 Å². The van der Waals surface area contributed by atoms with E-state index >= 15 is 0 Å². The van der Waals surface area contributed by atoms with Crippen LogP contribution in [-0.2, 0) is 20.7 Å². The second kappa shape index (κ2) is 7.57. The van der Waals surface area contributed by atoms with E-state index in [1.54, 1.807) is 32.9 Å². The van der Waals surface area contributed by atoms with Crippen molar-refractivity contribution in [3.63, 3.8) is 0 Å². The van der Waals surface area contributed by atoms with Crippen LogP contribution in [0.1, 0.15) is 44.6 Å². The van der Waals surface area contributed by atoms with Crippen LogP contribution in [0.3, 0.4) is 0 Å². The van der Waals surface area contributed by atoms with Gasteiger partial charge in [-0.3, -0.25) is 14.1 Å². The molecule has 2 aromatic rings. The lowest BCUT2D eigenvalue weighted by Gasteiger charge is -2.22. The molecule has 1 aromatic carbocycles. The number of likely N-dealkylation sites (tertiary alicyclic amines) is 1. The van der Waals surface area contributed by atoms with Gasteiger partial charge in [0, 0.05) is 13.0 Å². The standard InChI is InChI=1S/C19H22FN3O5/c1-19(2,3)27-16(24)11-22-9-8-14(17(22)25)23-15(21-28-18(23)26)10-12-4-6-13(20)7-5-12/h4-7,14H,8-11H2,1-3H3. The van der Waals surface area contributed by atoms with Crippen LogP contribution in [-0.4, -0.2) is 45.2 Å². The molecule has 0 spiro atoms. The van der Waals surface area contributed by atoms with Crippen molar-refractivity contribution in [2.24, 2.45) is 0 Å². The monoisotopic (exact) mass is 391 g/mol. The zero-order valence-electron chi connectivity index (χ0n) is 16.0. The van der Waals surface area contributed by atoms with Gasteiger partial charge in [0.2, 0.25) is 5.91 Å². The van der Waals surface area contributed by atoms with Crippen molar-refractivity contribution < 1.29 is 23.2 Å². The summed E-state index contributed by atoms with van der Waals surface area (Å²) in [4.78, 5) is 38.3. The fourth-order valence-corrected chi connectivity index (χ4v) is 3.14. The summed E-state index contributed by atoms with van der Waals surface area (Å²) in [6.07, 6.45) is 0.557. The SMILES string of the molecule is CC(C)(C)OC(=O)CN1CCC(n2c(Cc3ccc(F)cc3)noc2=O)C1=O. The highest BCUT2D eigenvalue weighted by atomic mass is 19.1. The Hall–Kier alpha value is -2.97. The number of benzene rings is 1. The van der Waals surface area contributed by atoms with Gasteiger partial charge in [0.15, 0.2) is 5.82 Å². The number of halogens is 1. The minimum atomic E-state index is -0.795. The maximum Gasteiger partial charge on any atom is 0.442 e. The van der Waals surface area contributed by atoms with Gasteiger partial charge in [-0.25, -0.2) is 13.8 Å². The number of rotatable bonds is 5. The quantitative estimate of drug-likeness (QED) is 0.720. The zero-order valence-corrected chi connectivity index (χ0v) is 16.0. The molecule has 2 heterocycles. The number of hydrogen-bond donors (Lipinski definition) is 0. The predicted molar refractivity (Wildman–Crippen MR) is 96.0 cm³/mol. The predicted octanol–water partition coefficient (Wildman–Crippen LogP) is 1.68. The molecule has 1 unspecified atom stereocenters. The number of nitrogens with zero attached hydrogens (tertiary/aromatic N) is 3. The van der Waals surface area contributed by atoms with E-state index in [2.05, 4.69) is 5.16 Å². The third-order valence-corrected chi connectivity index (χ3v) is 4.30. The summed E-state index contributed by atoms with van der Waals surface area (Å²) in [6.45, 7) is 5.38. The Morgan fingerprint density at radius 2 is 1.96 bits per heavy atom. The maximum atomic E-state index is 13.1. The second-order valence-electron chi connectivity index (χ2n) is 7.69. The smallest absolute Gasteiger partial charge is 0.442 e. The lowest BCUT2D eigenvalue weighted by Crippen LogP contribution is -2.38. The minimum absolute atomic E-state index is 0.181. The first-order chi connectivity index (χ1) is 13.1. The number of hydrogen-bond acceptors (Lipinski definition) is 6. The first-order valence-corrected chi connectivity index (χ1v) is 8.96. The first-order valence-electron chi connectivity index (χ1n) is 8.96.